The van der Waals surface area contributed by atoms with Crippen LogP contribution in [-0.2, 0) is 4.43 Å². The van der Waals surface area contributed by atoms with Crippen LogP contribution in [0.1, 0.15) is 0 Å². The van der Waals surface area contributed by atoms with Crippen molar-refractivity contribution in [3.05, 3.63) is 0 Å². The van der Waals surface area contributed by atoms with Gasteiger partial charge in [0.25, 0.3) is 0 Å². The zero-order valence-corrected chi connectivity index (χ0v) is 8.56. The van der Waals surface area contributed by atoms with Crippen molar-refractivity contribution < 1.29 is 4.43 Å². The van der Waals surface area contributed by atoms with E-state index in [4.69, 9.17) is 4.43 Å². The van der Waals surface area contributed by atoms with Gasteiger partial charge < -0.3 is 4.43 Å². The van der Waals surface area contributed by atoms with Crippen LogP contribution in [0.25, 0.3) is 0 Å². The van der Waals surface area contributed by atoms with Crippen molar-refractivity contribution in [3.8, 4) is 0 Å². The predicted molar refractivity (Wildman–Crippen MR) is 44.6 cm³/mol. The van der Waals surface area contributed by atoms with Gasteiger partial charge >= 0.3 is 0 Å². The summed E-state index contributed by atoms with van der Waals surface area (Å²) in [6.07, 6.45) is 0. The molecule has 0 aromatic rings. The highest BCUT2D eigenvalue weighted by Gasteiger charge is 2.10. The minimum Gasteiger partial charge on any atom is -0.415 e. The van der Waals surface area contributed by atoms with Crippen LogP contribution in [-0.4, -0.2) is 33.2 Å². The van der Waals surface area contributed by atoms with Crippen LogP contribution in [0.5, 0.6) is 0 Å². The molecule has 1 rings (SSSR count). The topological polar surface area (TPSA) is 9.23 Å². The van der Waals surface area contributed by atoms with Gasteiger partial charge in [-0.25, -0.2) is 0 Å². The Morgan fingerprint density at radius 1 is 1.50 bits per heavy atom. The maximum absolute atomic E-state index is 5.27. The molecular weight excluding hydrogens is 156 g/mol. The van der Waals surface area contributed by atoms with E-state index in [1.54, 1.807) is 0 Å². The molecule has 0 amide bonds. The van der Waals surface area contributed by atoms with Crippen molar-refractivity contribution in [2.45, 2.75) is 5.44 Å². The second kappa shape index (κ2) is 3.82. The highest BCUT2D eigenvalue weighted by Crippen LogP contribution is 2.23. The zero-order chi connectivity index (χ0) is 5.82. The molecule has 0 aromatic carbocycles. The Hall–Kier alpha value is 0.877. The lowest BCUT2D eigenvalue weighted by Crippen LogP contribution is -2.15. The summed E-state index contributed by atoms with van der Waals surface area (Å²) >= 11 is 3.96. The molecular formula is C4H10OS2Si. The predicted octanol–water partition coefficient (Wildman–Crippen LogP) is 0.0895. The van der Waals surface area contributed by atoms with Crippen LogP contribution in [0, 0.1) is 0 Å². The lowest BCUT2D eigenvalue weighted by Gasteiger charge is -2.19. The van der Waals surface area contributed by atoms with Gasteiger partial charge in [-0.05, 0) is 0 Å². The van der Waals surface area contributed by atoms with Crippen LogP contribution < -0.4 is 0 Å². The molecule has 0 spiro atoms. The van der Waals surface area contributed by atoms with Gasteiger partial charge in [-0.3, -0.25) is 0 Å². The van der Waals surface area contributed by atoms with Crippen LogP contribution in [0.4, 0.5) is 0 Å². The molecule has 1 heterocycles. The van der Waals surface area contributed by atoms with E-state index in [9.17, 15) is 0 Å². The van der Waals surface area contributed by atoms with Crippen molar-refractivity contribution in [2.24, 2.45) is 0 Å². The van der Waals surface area contributed by atoms with Crippen molar-refractivity contribution in [1.82, 2.24) is 0 Å². The number of rotatable bonds is 1. The standard InChI is InChI=1S/C4H10OS2Si/c8-5-4-3-6-1-2-7-4/h4H,1-3H2,8H3. The van der Waals surface area contributed by atoms with Gasteiger partial charge in [-0.1, -0.05) is 0 Å². The molecule has 0 aliphatic carbocycles. The number of hydrogen-bond donors (Lipinski definition) is 0. The highest BCUT2D eigenvalue weighted by atomic mass is 32.2. The van der Waals surface area contributed by atoms with E-state index in [0.29, 0.717) is 5.44 Å². The molecule has 1 aliphatic rings. The fourth-order valence-corrected chi connectivity index (χ4v) is 3.84. The van der Waals surface area contributed by atoms with Crippen LogP contribution >= 0.6 is 23.5 Å². The van der Waals surface area contributed by atoms with Crippen molar-refractivity contribution in [1.29, 1.82) is 0 Å². The molecule has 1 unspecified atom stereocenters. The van der Waals surface area contributed by atoms with Gasteiger partial charge in [0.15, 0.2) is 0 Å². The average molecular weight is 166 g/mol. The smallest absolute Gasteiger partial charge is 0.147 e. The molecule has 0 aromatic heterocycles. The first-order valence-electron chi connectivity index (χ1n) is 2.65. The van der Waals surface area contributed by atoms with Gasteiger partial charge in [-0.15, -0.1) is 11.8 Å². The fourth-order valence-electron chi connectivity index (χ4n) is 0.602. The van der Waals surface area contributed by atoms with Crippen molar-refractivity contribution in [2.75, 3.05) is 17.3 Å². The lowest BCUT2D eigenvalue weighted by molar-refractivity contribution is 0.343. The Morgan fingerprint density at radius 3 is 2.75 bits per heavy atom. The summed E-state index contributed by atoms with van der Waals surface area (Å²) in [6, 6.07) is 0. The third kappa shape index (κ3) is 2.01. The highest BCUT2D eigenvalue weighted by molar-refractivity contribution is 8.06. The summed E-state index contributed by atoms with van der Waals surface area (Å²) in [4.78, 5) is 0. The van der Waals surface area contributed by atoms with Crippen LogP contribution in [0.15, 0.2) is 0 Å². The SMILES string of the molecule is [SiH3]OC1CSCCS1. The Labute approximate surface area is 61.5 Å². The third-order valence-electron chi connectivity index (χ3n) is 1.05. The maximum atomic E-state index is 5.27. The summed E-state index contributed by atoms with van der Waals surface area (Å²) in [7, 11) is 0.896. The molecule has 0 saturated carbocycles. The van der Waals surface area contributed by atoms with E-state index in [2.05, 4.69) is 0 Å². The van der Waals surface area contributed by atoms with Crippen molar-refractivity contribution >= 4 is 34.0 Å². The first-order chi connectivity index (χ1) is 3.93. The summed E-state index contributed by atoms with van der Waals surface area (Å²) < 4.78 is 5.27. The van der Waals surface area contributed by atoms with Gasteiger partial charge in [0.05, 0.1) is 5.44 Å². The molecule has 1 atom stereocenters. The minimum atomic E-state index is 0.528. The van der Waals surface area contributed by atoms with E-state index >= 15 is 0 Å². The molecule has 48 valence electrons. The first-order valence-corrected chi connectivity index (χ1v) is 5.67. The second-order valence-corrected chi connectivity index (χ2v) is 4.50. The van der Waals surface area contributed by atoms with E-state index in [1.807, 2.05) is 23.5 Å². The lowest BCUT2D eigenvalue weighted by atomic mass is 10.8. The monoisotopic (exact) mass is 166 g/mol. The van der Waals surface area contributed by atoms with Crippen LogP contribution in [0.3, 0.4) is 0 Å². The van der Waals surface area contributed by atoms with Crippen molar-refractivity contribution in [3.63, 3.8) is 0 Å². The summed E-state index contributed by atoms with van der Waals surface area (Å²) in [5.74, 6) is 3.79. The molecule has 1 nitrogen and oxygen atoms in total. The minimum absolute atomic E-state index is 0.528. The number of thioether (sulfide) groups is 2. The Kier molecular flexibility index (Phi) is 3.34. The first kappa shape index (κ1) is 6.99. The van der Waals surface area contributed by atoms with Gasteiger partial charge in [-0.2, -0.15) is 11.8 Å². The molecule has 1 saturated heterocycles. The van der Waals surface area contributed by atoms with Gasteiger partial charge in [0.1, 0.15) is 10.5 Å². The van der Waals surface area contributed by atoms with E-state index in [1.165, 1.54) is 17.3 Å². The Balaban J connectivity index is 2.13. The zero-order valence-electron chi connectivity index (χ0n) is 4.92. The quantitative estimate of drug-likeness (QED) is 0.511. The van der Waals surface area contributed by atoms with E-state index in [0.717, 1.165) is 10.5 Å². The van der Waals surface area contributed by atoms with E-state index in [-0.39, 0.29) is 0 Å². The fraction of sp³-hybridized carbons (Fsp3) is 1.00. The summed E-state index contributed by atoms with van der Waals surface area (Å²) in [6.45, 7) is 0. The largest absolute Gasteiger partial charge is 0.415 e. The molecule has 0 bridgehead atoms. The molecule has 1 aliphatic heterocycles. The average Bonchev–Trinajstić information content (AvgIpc) is 1.90. The third-order valence-corrected chi connectivity index (χ3v) is 4.63. The summed E-state index contributed by atoms with van der Waals surface area (Å²) in [5.41, 5.74) is 0.528. The molecule has 0 N–H and O–H groups in total. The molecule has 1 fully saturated rings. The normalized spacial score (nSPS) is 30.8. The molecule has 4 heteroatoms. The summed E-state index contributed by atoms with van der Waals surface area (Å²) in [5, 5.41) is 0. The molecule has 8 heavy (non-hydrogen) atoms. The maximum Gasteiger partial charge on any atom is 0.147 e. The van der Waals surface area contributed by atoms with Gasteiger partial charge in [0.2, 0.25) is 0 Å². The van der Waals surface area contributed by atoms with Gasteiger partial charge in [0, 0.05) is 17.3 Å². The molecule has 0 radical (unpaired) electrons. The van der Waals surface area contributed by atoms with Crippen LogP contribution in [0.2, 0.25) is 0 Å². The number of hydrogen-bond acceptors (Lipinski definition) is 3. The Bertz CT molecular complexity index is 65.1. The second-order valence-electron chi connectivity index (χ2n) is 1.61. The Morgan fingerprint density at radius 2 is 2.38 bits per heavy atom. The van der Waals surface area contributed by atoms with E-state index < -0.39 is 0 Å².